The first-order chi connectivity index (χ1) is 6.20. The average molecular weight is 190 g/mol. The minimum absolute atomic E-state index is 0.251. The van der Waals surface area contributed by atoms with Crippen molar-refractivity contribution >= 4 is 0 Å². The molecule has 0 N–H and O–H groups in total. The summed E-state index contributed by atoms with van der Waals surface area (Å²) in [5.41, 5.74) is 3.35. The lowest BCUT2D eigenvalue weighted by molar-refractivity contribution is 0.505. The molecule has 0 spiro atoms. The molecule has 0 heteroatoms. The zero-order valence-corrected chi connectivity index (χ0v) is 10.3. The van der Waals surface area contributed by atoms with Gasteiger partial charge in [0.2, 0.25) is 0 Å². The second kappa shape index (κ2) is 3.42. The van der Waals surface area contributed by atoms with E-state index in [1.807, 2.05) is 0 Å². The maximum absolute atomic E-state index is 2.35. The molecule has 0 aromatic carbocycles. The van der Waals surface area contributed by atoms with E-state index in [2.05, 4.69) is 65.8 Å². The first-order valence-corrected chi connectivity index (χ1v) is 5.32. The SMILES string of the molecule is CC(C)(C)C=C1C=CC=C1C(C)(C)C. The van der Waals surface area contributed by atoms with Gasteiger partial charge in [0.25, 0.3) is 0 Å². The summed E-state index contributed by atoms with van der Waals surface area (Å²) in [6.45, 7) is 13.5. The lowest BCUT2D eigenvalue weighted by Gasteiger charge is -2.24. The summed E-state index contributed by atoms with van der Waals surface area (Å²) in [4.78, 5) is 0. The van der Waals surface area contributed by atoms with Crippen LogP contribution in [0.4, 0.5) is 0 Å². The van der Waals surface area contributed by atoms with Crippen molar-refractivity contribution in [2.75, 3.05) is 0 Å². The predicted molar refractivity (Wildman–Crippen MR) is 64.2 cm³/mol. The van der Waals surface area contributed by atoms with Crippen LogP contribution in [0.5, 0.6) is 0 Å². The van der Waals surface area contributed by atoms with Gasteiger partial charge in [-0.15, -0.1) is 0 Å². The van der Waals surface area contributed by atoms with Crippen LogP contribution in [-0.4, -0.2) is 0 Å². The maximum atomic E-state index is 2.35. The second-order valence-corrected chi connectivity index (χ2v) is 6.16. The predicted octanol–water partition coefficient (Wildman–Crippen LogP) is 4.50. The van der Waals surface area contributed by atoms with E-state index in [1.54, 1.807) is 0 Å². The van der Waals surface area contributed by atoms with E-state index in [4.69, 9.17) is 0 Å². The van der Waals surface area contributed by atoms with Gasteiger partial charge in [-0.1, -0.05) is 65.8 Å². The molecule has 0 radical (unpaired) electrons. The number of hydrogen-bond donors (Lipinski definition) is 0. The standard InChI is InChI=1S/C14H22/c1-13(2,3)10-11-8-7-9-12(11)14(4,5)6/h7-10H,1-6H3. The van der Waals surface area contributed by atoms with Crippen LogP contribution in [0, 0.1) is 10.8 Å². The second-order valence-electron chi connectivity index (χ2n) is 6.16. The van der Waals surface area contributed by atoms with Crippen molar-refractivity contribution < 1.29 is 0 Å². The average Bonchev–Trinajstić information content (AvgIpc) is 2.29. The van der Waals surface area contributed by atoms with Crippen LogP contribution in [0.15, 0.2) is 35.5 Å². The van der Waals surface area contributed by atoms with Gasteiger partial charge < -0.3 is 0 Å². The fraction of sp³-hybridized carbons (Fsp3) is 0.571. The van der Waals surface area contributed by atoms with Crippen molar-refractivity contribution in [3.63, 3.8) is 0 Å². The normalized spacial score (nSPS) is 20.4. The van der Waals surface area contributed by atoms with Crippen LogP contribution in [0.25, 0.3) is 0 Å². The van der Waals surface area contributed by atoms with E-state index in [0.29, 0.717) is 0 Å². The van der Waals surface area contributed by atoms with E-state index in [0.717, 1.165) is 0 Å². The number of rotatable bonds is 0. The van der Waals surface area contributed by atoms with Crippen molar-refractivity contribution in [3.05, 3.63) is 35.5 Å². The highest BCUT2D eigenvalue weighted by molar-refractivity contribution is 5.51. The van der Waals surface area contributed by atoms with Gasteiger partial charge in [-0.3, -0.25) is 0 Å². The topological polar surface area (TPSA) is 0 Å². The van der Waals surface area contributed by atoms with Gasteiger partial charge in [-0.25, -0.2) is 0 Å². The van der Waals surface area contributed by atoms with E-state index in [-0.39, 0.29) is 10.8 Å². The van der Waals surface area contributed by atoms with Crippen molar-refractivity contribution in [2.24, 2.45) is 10.8 Å². The molecule has 0 saturated heterocycles. The minimum atomic E-state index is 0.251. The molecule has 0 unspecified atom stereocenters. The van der Waals surface area contributed by atoms with Gasteiger partial charge in [-0.05, 0) is 22.0 Å². The van der Waals surface area contributed by atoms with Crippen molar-refractivity contribution in [1.29, 1.82) is 0 Å². The molecule has 0 heterocycles. The van der Waals surface area contributed by atoms with Crippen molar-refractivity contribution in [1.82, 2.24) is 0 Å². The summed E-state index contributed by atoms with van der Waals surface area (Å²) in [5.74, 6) is 0. The molecule has 78 valence electrons. The quantitative estimate of drug-likeness (QED) is 0.527. The zero-order chi connectivity index (χ0) is 11.0. The zero-order valence-electron chi connectivity index (χ0n) is 10.3. The smallest absolute Gasteiger partial charge is 0.0126 e. The number of allylic oxidation sites excluding steroid dienone is 6. The monoisotopic (exact) mass is 190 g/mol. The molecule has 0 nitrogen and oxygen atoms in total. The molecule has 14 heavy (non-hydrogen) atoms. The largest absolute Gasteiger partial charge is 0.0716 e. The highest BCUT2D eigenvalue weighted by atomic mass is 14.3. The molecule has 0 atom stereocenters. The molecule has 0 aromatic rings. The van der Waals surface area contributed by atoms with Crippen LogP contribution in [-0.2, 0) is 0 Å². The Balaban J connectivity index is 2.99. The maximum Gasteiger partial charge on any atom is -0.0126 e. The Morgan fingerprint density at radius 3 is 2.00 bits per heavy atom. The van der Waals surface area contributed by atoms with Gasteiger partial charge in [0, 0.05) is 0 Å². The molecular formula is C14H22. The molecule has 0 aromatic heterocycles. The Bertz CT molecular complexity index is 298. The van der Waals surface area contributed by atoms with Gasteiger partial charge in [-0.2, -0.15) is 0 Å². The molecular weight excluding hydrogens is 168 g/mol. The number of hydrogen-bond acceptors (Lipinski definition) is 0. The van der Waals surface area contributed by atoms with Crippen LogP contribution >= 0.6 is 0 Å². The Hall–Kier alpha value is -0.780. The Morgan fingerprint density at radius 2 is 1.57 bits per heavy atom. The minimum Gasteiger partial charge on any atom is -0.0716 e. The highest BCUT2D eigenvalue weighted by Gasteiger charge is 2.22. The van der Waals surface area contributed by atoms with Gasteiger partial charge in [0.1, 0.15) is 0 Å². The van der Waals surface area contributed by atoms with Crippen LogP contribution in [0.3, 0.4) is 0 Å². The summed E-state index contributed by atoms with van der Waals surface area (Å²) < 4.78 is 0. The Kier molecular flexibility index (Phi) is 2.76. The molecule has 1 rings (SSSR count). The fourth-order valence-electron chi connectivity index (χ4n) is 1.71. The van der Waals surface area contributed by atoms with Crippen LogP contribution in [0.1, 0.15) is 41.5 Å². The molecule has 0 fully saturated rings. The summed E-state index contributed by atoms with van der Waals surface area (Å²) in [6, 6.07) is 0. The van der Waals surface area contributed by atoms with Crippen molar-refractivity contribution in [2.45, 2.75) is 41.5 Å². The van der Waals surface area contributed by atoms with Gasteiger partial charge in [0.15, 0.2) is 0 Å². The lowest BCUT2D eigenvalue weighted by atomic mass is 9.81. The lowest BCUT2D eigenvalue weighted by Crippen LogP contribution is -2.11. The summed E-state index contributed by atoms with van der Waals surface area (Å²) in [5, 5.41) is 0. The third kappa shape index (κ3) is 2.87. The Morgan fingerprint density at radius 1 is 1.00 bits per heavy atom. The molecule has 0 bridgehead atoms. The summed E-state index contributed by atoms with van der Waals surface area (Å²) in [7, 11) is 0. The third-order valence-corrected chi connectivity index (χ3v) is 2.25. The molecule has 0 aliphatic heterocycles. The van der Waals surface area contributed by atoms with E-state index in [9.17, 15) is 0 Å². The molecule has 0 saturated carbocycles. The van der Waals surface area contributed by atoms with E-state index in [1.165, 1.54) is 11.1 Å². The fourth-order valence-corrected chi connectivity index (χ4v) is 1.71. The molecule has 1 aliphatic rings. The van der Waals surface area contributed by atoms with Crippen LogP contribution in [0.2, 0.25) is 0 Å². The first-order valence-electron chi connectivity index (χ1n) is 5.32. The highest BCUT2D eigenvalue weighted by Crippen LogP contribution is 2.36. The van der Waals surface area contributed by atoms with E-state index >= 15 is 0 Å². The molecule has 0 amide bonds. The summed E-state index contributed by atoms with van der Waals surface area (Å²) in [6.07, 6.45) is 8.95. The first kappa shape index (κ1) is 11.3. The summed E-state index contributed by atoms with van der Waals surface area (Å²) >= 11 is 0. The molecule has 1 aliphatic carbocycles. The Labute approximate surface area is 88.4 Å². The van der Waals surface area contributed by atoms with E-state index < -0.39 is 0 Å². The van der Waals surface area contributed by atoms with Gasteiger partial charge in [0.05, 0.1) is 0 Å². The van der Waals surface area contributed by atoms with Gasteiger partial charge >= 0.3 is 0 Å². The third-order valence-electron chi connectivity index (χ3n) is 2.25. The van der Waals surface area contributed by atoms with Crippen molar-refractivity contribution in [3.8, 4) is 0 Å². The van der Waals surface area contributed by atoms with Crippen LogP contribution < -0.4 is 0 Å².